The summed E-state index contributed by atoms with van der Waals surface area (Å²) < 4.78 is 65.4. The van der Waals surface area contributed by atoms with Crippen LogP contribution in [0.25, 0.3) is 0 Å². The lowest BCUT2D eigenvalue weighted by Gasteiger charge is -2.24. The molecule has 2 rings (SSSR count). The van der Waals surface area contributed by atoms with Gasteiger partial charge in [0, 0.05) is 12.3 Å². The maximum atomic E-state index is 14.9. The molecule has 16 nitrogen and oxygen atoms in total. The Morgan fingerprint density at radius 2 is 1.80 bits per heavy atom. The third kappa shape index (κ3) is 6.23. The van der Waals surface area contributed by atoms with Gasteiger partial charge in [-0.05, 0) is 6.92 Å². The Morgan fingerprint density at radius 3 is 2.33 bits per heavy atom. The second-order valence-corrected chi connectivity index (χ2v) is 10.4. The minimum absolute atomic E-state index is 0.593. The molecule has 1 aliphatic heterocycles. The van der Waals surface area contributed by atoms with Gasteiger partial charge < -0.3 is 29.4 Å². The summed E-state index contributed by atoms with van der Waals surface area (Å²) in [6.45, 7) is -0.316. The van der Waals surface area contributed by atoms with Crippen LogP contribution in [0.2, 0.25) is 0 Å². The molecule has 0 bridgehead atoms. The number of phosphoric ester groups is 1. The number of ether oxygens (including phenoxy) is 1. The molecule has 0 spiro atoms. The van der Waals surface area contributed by atoms with Gasteiger partial charge in [0.2, 0.25) is 0 Å². The van der Waals surface area contributed by atoms with Gasteiger partial charge >= 0.3 is 29.2 Å². The molecule has 0 aliphatic carbocycles. The third-order valence-electron chi connectivity index (χ3n) is 3.64. The highest BCUT2D eigenvalue weighted by Crippen LogP contribution is 2.66. The lowest BCUT2D eigenvalue weighted by atomic mass is 9.98. The quantitative estimate of drug-likeness (QED) is 0.231. The second-order valence-electron chi connectivity index (χ2n) is 6.03. The highest BCUT2D eigenvalue weighted by atomic mass is 31.3. The predicted molar refractivity (Wildman–Crippen MR) is 90.6 cm³/mol. The number of H-pyrrole nitrogens is 1. The molecule has 1 saturated heterocycles. The van der Waals surface area contributed by atoms with Crippen LogP contribution in [0.1, 0.15) is 13.2 Å². The Labute approximate surface area is 165 Å². The zero-order chi connectivity index (χ0) is 23.1. The van der Waals surface area contributed by atoms with Crippen molar-refractivity contribution in [3.05, 3.63) is 33.1 Å². The smallest absolute Gasteiger partial charge is 0.387 e. The average Bonchev–Trinajstić information content (AvgIpc) is 2.73. The van der Waals surface area contributed by atoms with Gasteiger partial charge in [0.25, 0.3) is 5.56 Å². The van der Waals surface area contributed by atoms with E-state index in [9.17, 15) is 37.7 Å². The molecule has 1 fully saturated rings. The number of halogens is 1. The molecular formula is C10H16FN2O14P3. The minimum Gasteiger partial charge on any atom is -0.387 e. The van der Waals surface area contributed by atoms with E-state index in [0.717, 1.165) is 19.2 Å². The number of phosphoric acid groups is 3. The second kappa shape index (κ2) is 8.47. The van der Waals surface area contributed by atoms with Crippen LogP contribution in [-0.2, 0) is 31.6 Å². The van der Waals surface area contributed by atoms with Gasteiger partial charge in [-0.2, -0.15) is 8.62 Å². The molecule has 6 atom stereocenters. The van der Waals surface area contributed by atoms with E-state index in [4.69, 9.17) is 19.4 Å². The van der Waals surface area contributed by atoms with E-state index in [2.05, 4.69) is 13.1 Å². The van der Waals surface area contributed by atoms with Crippen LogP contribution in [0.15, 0.2) is 21.9 Å². The Bertz CT molecular complexity index is 1050. The standard InChI is InChI=1S/C10H16FN2O14P3/c1-10(11)7(15)5(25-8(10)13-3-2-6(14)12-9(13)16)4-24-29(20,21)27-30(22,23)26-28(17,18)19/h2-3,5,7-8,15H,4H2,1H3,(H,20,21)(H,22,23)(H,12,14,16)(H2,17,18,19)/t5-,7?,8-,10?/m1/s1. The van der Waals surface area contributed by atoms with Gasteiger partial charge in [0.1, 0.15) is 12.2 Å². The van der Waals surface area contributed by atoms with Crippen molar-refractivity contribution in [2.45, 2.75) is 31.0 Å². The van der Waals surface area contributed by atoms with E-state index in [0.29, 0.717) is 4.57 Å². The molecule has 30 heavy (non-hydrogen) atoms. The summed E-state index contributed by atoms with van der Waals surface area (Å²) in [5, 5.41) is 10.1. The van der Waals surface area contributed by atoms with Crippen molar-refractivity contribution in [3.63, 3.8) is 0 Å². The highest BCUT2D eigenvalue weighted by molar-refractivity contribution is 7.66. The van der Waals surface area contributed by atoms with Crippen molar-refractivity contribution in [2.75, 3.05) is 6.61 Å². The summed E-state index contributed by atoms with van der Waals surface area (Å²) in [5.74, 6) is 0. The normalized spacial score (nSPS) is 31.2. The number of aliphatic hydroxyl groups excluding tert-OH is 1. The van der Waals surface area contributed by atoms with Crippen molar-refractivity contribution in [2.24, 2.45) is 0 Å². The average molecular weight is 500 g/mol. The molecule has 4 unspecified atom stereocenters. The van der Waals surface area contributed by atoms with E-state index in [1.54, 1.807) is 0 Å². The van der Waals surface area contributed by atoms with Gasteiger partial charge in [0.15, 0.2) is 11.9 Å². The molecule has 0 aromatic carbocycles. The number of rotatable bonds is 8. The fourth-order valence-corrected chi connectivity index (χ4v) is 5.46. The van der Waals surface area contributed by atoms with Crippen molar-refractivity contribution in [3.8, 4) is 0 Å². The predicted octanol–water partition coefficient (Wildman–Crippen LogP) is -1.13. The number of nitrogens with one attached hydrogen (secondary N) is 1. The number of nitrogens with zero attached hydrogens (tertiary/aromatic N) is 1. The van der Waals surface area contributed by atoms with Gasteiger partial charge in [-0.25, -0.2) is 22.9 Å². The molecule has 1 aliphatic rings. The Kier molecular flexibility index (Phi) is 7.11. The molecular weight excluding hydrogens is 484 g/mol. The fourth-order valence-electron chi connectivity index (χ4n) is 2.43. The van der Waals surface area contributed by atoms with Crippen LogP contribution < -0.4 is 11.2 Å². The fraction of sp³-hybridized carbons (Fsp3) is 0.600. The van der Waals surface area contributed by atoms with E-state index in [1.807, 2.05) is 4.98 Å². The summed E-state index contributed by atoms with van der Waals surface area (Å²) >= 11 is 0. The SMILES string of the molecule is CC1(F)C(O)[C@@H](COP(=O)(O)OP(=O)(O)OP(=O)(O)O)O[C@H]1n1ccc(=O)[nH]c1=O. The lowest BCUT2D eigenvalue weighted by molar-refractivity contribution is -0.0604. The summed E-state index contributed by atoms with van der Waals surface area (Å²) in [5.41, 5.74) is -4.55. The molecule has 0 amide bonds. The van der Waals surface area contributed by atoms with Gasteiger partial charge in [-0.3, -0.25) is 18.9 Å². The first kappa shape index (κ1) is 25.2. The molecule has 172 valence electrons. The Morgan fingerprint density at radius 1 is 1.20 bits per heavy atom. The van der Waals surface area contributed by atoms with E-state index >= 15 is 0 Å². The van der Waals surface area contributed by atoms with Gasteiger partial charge in [-0.1, -0.05) is 0 Å². The van der Waals surface area contributed by atoms with Crippen LogP contribution in [0.5, 0.6) is 0 Å². The third-order valence-corrected chi connectivity index (χ3v) is 7.44. The number of aliphatic hydroxyl groups is 1. The van der Waals surface area contributed by atoms with Crippen LogP contribution in [-0.4, -0.2) is 58.7 Å². The first-order valence-electron chi connectivity index (χ1n) is 7.56. The maximum absolute atomic E-state index is 14.9. The van der Waals surface area contributed by atoms with E-state index in [1.165, 1.54) is 0 Å². The summed E-state index contributed by atoms with van der Waals surface area (Å²) in [6.07, 6.45) is -4.73. The largest absolute Gasteiger partial charge is 0.490 e. The summed E-state index contributed by atoms with van der Waals surface area (Å²) in [4.78, 5) is 60.1. The van der Waals surface area contributed by atoms with Gasteiger partial charge in [0.05, 0.1) is 6.61 Å². The number of hydrogen-bond donors (Lipinski definition) is 6. The first-order valence-corrected chi connectivity index (χ1v) is 12.1. The lowest BCUT2D eigenvalue weighted by Crippen LogP contribution is -2.43. The molecule has 0 saturated carbocycles. The first-order chi connectivity index (χ1) is 13.4. The molecule has 1 aromatic heterocycles. The zero-order valence-corrected chi connectivity index (χ0v) is 17.4. The van der Waals surface area contributed by atoms with Crippen molar-refractivity contribution < 1.29 is 60.6 Å². The Balaban J connectivity index is 2.13. The van der Waals surface area contributed by atoms with E-state index in [-0.39, 0.29) is 0 Å². The van der Waals surface area contributed by atoms with Crippen LogP contribution in [0.3, 0.4) is 0 Å². The summed E-state index contributed by atoms with van der Waals surface area (Å²) in [7, 11) is -16.9. The monoisotopic (exact) mass is 500 g/mol. The zero-order valence-electron chi connectivity index (χ0n) is 14.7. The van der Waals surface area contributed by atoms with Crippen molar-refractivity contribution in [1.82, 2.24) is 9.55 Å². The van der Waals surface area contributed by atoms with Crippen LogP contribution in [0.4, 0.5) is 4.39 Å². The topological polar surface area (TPSA) is 244 Å². The van der Waals surface area contributed by atoms with Crippen molar-refractivity contribution in [1.29, 1.82) is 0 Å². The van der Waals surface area contributed by atoms with Crippen LogP contribution >= 0.6 is 23.5 Å². The highest BCUT2D eigenvalue weighted by Gasteiger charge is 2.56. The molecule has 6 N–H and O–H groups in total. The Hall–Kier alpha value is -1.06. The van der Waals surface area contributed by atoms with Crippen molar-refractivity contribution >= 4 is 23.5 Å². The van der Waals surface area contributed by atoms with Gasteiger partial charge in [-0.15, -0.1) is 0 Å². The van der Waals surface area contributed by atoms with E-state index < -0.39 is 65.4 Å². The summed E-state index contributed by atoms with van der Waals surface area (Å²) in [6, 6.07) is 0.868. The molecule has 0 radical (unpaired) electrons. The molecule has 20 heteroatoms. The number of hydrogen-bond acceptors (Lipinski definition) is 10. The molecule has 2 heterocycles. The number of alkyl halides is 1. The number of aromatic nitrogens is 2. The minimum atomic E-state index is -5.77. The molecule has 1 aromatic rings. The maximum Gasteiger partial charge on any atom is 0.490 e. The van der Waals surface area contributed by atoms with Crippen LogP contribution in [0, 0.1) is 0 Å². The number of aromatic amines is 1.